The Morgan fingerprint density at radius 3 is 2.08 bits per heavy atom. The number of aliphatic carboxylic acids is 1. The third-order valence-corrected chi connectivity index (χ3v) is 5.17. The summed E-state index contributed by atoms with van der Waals surface area (Å²) in [6, 6.07) is 9.89. The molecule has 2 aromatic carbocycles. The van der Waals surface area contributed by atoms with E-state index < -0.39 is 5.97 Å². The van der Waals surface area contributed by atoms with Gasteiger partial charge in [0.1, 0.15) is 17.2 Å². The molecule has 0 aliphatic carbocycles. The average Bonchev–Trinajstić information content (AvgIpc) is 2.58. The molecule has 0 amide bonds. The molecule has 0 spiro atoms. The Bertz CT molecular complexity index is 745. The van der Waals surface area contributed by atoms with E-state index in [4.69, 9.17) is 5.11 Å². The second kappa shape index (κ2) is 9.97. The van der Waals surface area contributed by atoms with E-state index >= 15 is 0 Å². The number of carbonyl (C=O) groups is 1. The molecule has 0 heterocycles. The molecule has 2 aromatic rings. The quantitative estimate of drug-likeness (QED) is 0.439. The van der Waals surface area contributed by atoms with Crippen LogP contribution in [0.2, 0.25) is 0 Å². The first-order valence-corrected chi connectivity index (χ1v) is 9.51. The lowest BCUT2D eigenvalue weighted by Crippen LogP contribution is -1.93. The summed E-state index contributed by atoms with van der Waals surface area (Å²) >= 11 is 1.24. The van der Waals surface area contributed by atoms with Crippen molar-refractivity contribution < 1.29 is 25.2 Å². The van der Waals surface area contributed by atoms with E-state index in [0.717, 1.165) is 44.1 Å². The predicted octanol–water partition coefficient (Wildman–Crippen LogP) is 4.92. The summed E-state index contributed by atoms with van der Waals surface area (Å²) in [6.07, 6.45) is 5.82. The third-order valence-electron chi connectivity index (χ3n) is 4.04. The fourth-order valence-corrected chi connectivity index (χ4v) is 3.49. The van der Waals surface area contributed by atoms with Crippen LogP contribution in [0.15, 0.2) is 46.2 Å². The monoisotopic (exact) mass is 376 g/mol. The molecule has 0 aliphatic heterocycles. The van der Waals surface area contributed by atoms with E-state index in [2.05, 4.69) is 0 Å². The van der Waals surface area contributed by atoms with Gasteiger partial charge in [0.2, 0.25) is 0 Å². The topological polar surface area (TPSA) is 98.0 Å². The van der Waals surface area contributed by atoms with E-state index in [1.807, 2.05) is 12.1 Å². The van der Waals surface area contributed by atoms with Gasteiger partial charge in [-0.2, -0.15) is 0 Å². The van der Waals surface area contributed by atoms with Crippen LogP contribution in [0.1, 0.15) is 44.1 Å². The highest BCUT2D eigenvalue weighted by molar-refractivity contribution is 7.99. The molecule has 6 heteroatoms. The van der Waals surface area contributed by atoms with E-state index in [9.17, 15) is 20.1 Å². The standard InChI is InChI=1S/C20H24O5S/c21-15-9-11-19(17(23)13-15)26-18-10-8-14(12-16(18)22)6-4-2-1-3-5-7-20(24)25/h8-13,21-23H,1-7H2,(H,24,25). The molecule has 0 radical (unpaired) electrons. The molecule has 0 fully saturated rings. The molecule has 0 aromatic heterocycles. The second-order valence-corrected chi connectivity index (χ2v) is 7.30. The molecule has 140 valence electrons. The number of carboxylic acid groups (broad SMARTS) is 1. The SMILES string of the molecule is O=C(O)CCCCCCCc1ccc(Sc2ccc(O)cc2O)c(O)c1. The zero-order valence-corrected chi connectivity index (χ0v) is 15.3. The summed E-state index contributed by atoms with van der Waals surface area (Å²) in [4.78, 5) is 11.6. The van der Waals surface area contributed by atoms with Crippen LogP contribution in [0, 0.1) is 0 Å². The van der Waals surface area contributed by atoms with Crippen molar-refractivity contribution in [2.75, 3.05) is 0 Å². The molecule has 4 N–H and O–H groups in total. The smallest absolute Gasteiger partial charge is 0.303 e. The lowest BCUT2D eigenvalue weighted by Gasteiger charge is -2.09. The molecule has 0 bridgehead atoms. The van der Waals surface area contributed by atoms with Crippen molar-refractivity contribution in [3.63, 3.8) is 0 Å². The zero-order valence-electron chi connectivity index (χ0n) is 14.5. The van der Waals surface area contributed by atoms with Crippen LogP contribution in [0.5, 0.6) is 17.2 Å². The van der Waals surface area contributed by atoms with Crippen molar-refractivity contribution in [2.24, 2.45) is 0 Å². The summed E-state index contributed by atoms with van der Waals surface area (Å²) < 4.78 is 0. The second-order valence-electron chi connectivity index (χ2n) is 6.22. The number of phenolic OH excluding ortho intramolecular Hbond substituents is 3. The van der Waals surface area contributed by atoms with E-state index in [-0.39, 0.29) is 23.7 Å². The van der Waals surface area contributed by atoms with Gasteiger partial charge in [0.25, 0.3) is 0 Å². The first-order chi connectivity index (χ1) is 12.5. The molecule has 26 heavy (non-hydrogen) atoms. The van der Waals surface area contributed by atoms with Crippen molar-refractivity contribution in [3.05, 3.63) is 42.0 Å². The van der Waals surface area contributed by atoms with Gasteiger partial charge in [-0.05, 0) is 49.1 Å². The Kier molecular flexibility index (Phi) is 7.66. The molecular formula is C20H24O5S. The van der Waals surface area contributed by atoms with E-state index in [0.29, 0.717) is 9.79 Å². The summed E-state index contributed by atoms with van der Waals surface area (Å²) in [5.74, 6) is -0.601. The molecule has 2 rings (SSSR count). The van der Waals surface area contributed by atoms with Crippen molar-refractivity contribution in [3.8, 4) is 17.2 Å². The van der Waals surface area contributed by atoms with Crippen LogP contribution < -0.4 is 0 Å². The van der Waals surface area contributed by atoms with E-state index in [1.165, 1.54) is 23.9 Å². The van der Waals surface area contributed by atoms with Gasteiger partial charge in [-0.15, -0.1) is 0 Å². The summed E-state index contributed by atoms with van der Waals surface area (Å²) in [6.45, 7) is 0. The maximum absolute atomic E-state index is 10.4. The molecule has 0 atom stereocenters. The highest BCUT2D eigenvalue weighted by Gasteiger charge is 2.09. The predicted molar refractivity (Wildman–Crippen MR) is 101 cm³/mol. The first-order valence-electron chi connectivity index (χ1n) is 8.69. The fraction of sp³-hybridized carbons (Fsp3) is 0.350. The lowest BCUT2D eigenvalue weighted by molar-refractivity contribution is -0.137. The molecule has 0 aliphatic rings. The summed E-state index contributed by atoms with van der Waals surface area (Å²) in [7, 11) is 0. The highest BCUT2D eigenvalue weighted by atomic mass is 32.2. The van der Waals surface area contributed by atoms with Crippen molar-refractivity contribution in [1.82, 2.24) is 0 Å². The average molecular weight is 376 g/mol. The molecule has 0 unspecified atom stereocenters. The third kappa shape index (κ3) is 6.52. The minimum absolute atomic E-state index is 0.00520. The number of carboxylic acids is 1. The molecular weight excluding hydrogens is 352 g/mol. The fourth-order valence-electron chi connectivity index (χ4n) is 2.65. The Morgan fingerprint density at radius 2 is 1.42 bits per heavy atom. The Balaban J connectivity index is 1.80. The maximum atomic E-state index is 10.4. The van der Waals surface area contributed by atoms with Crippen LogP contribution in [0.25, 0.3) is 0 Å². The number of aryl methyl sites for hydroxylation is 1. The van der Waals surface area contributed by atoms with Crippen LogP contribution in [0.3, 0.4) is 0 Å². The first kappa shape index (κ1) is 20.0. The van der Waals surface area contributed by atoms with Gasteiger partial charge in [-0.25, -0.2) is 0 Å². The number of aromatic hydroxyl groups is 3. The maximum Gasteiger partial charge on any atom is 0.303 e. The van der Waals surface area contributed by atoms with Gasteiger partial charge >= 0.3 is 5.97 Å². The van der Waals surface area contributed by atoms with Gasteiger partial charge in [0.05, 0.1) is 9.79 Å². The minimum Gasteiger partial charge on any atom is -0.508 e. The Labute approximate surface area is 157 Å². The summed E-state index contributed by atoms with van der Waals surface area (Å²) in [5.41, 5.74) is 1.05. The molecule has 0 saturated carbocycles. The number of unbranched alkanes of at least 4 members (excludes halogenated alkanes) is 4. The van der Waals surface area contributed by atoms with Gasteiger partial charge in [0.15, 0.2) is 0 Å². The number of hydrogen-bond acceptors (Lipinski definition) is 5. The normalized spacial score (nSPS) is 10.8. The molecule has 5 nitrogen and oxygen atoms in total. The largest absolute Gasteiger partial charge is 0.508 e. The molecule has 0 saturated heterocycles. The minimum atomic E-state index is -0.737. The van der Waals surface area contributed by atoms with Crippen LogP contribution >= 0.6 is 11.8 Å². The van der Waals surface area contributed by atoms with Gasteiger partial charge in [-0.1, -0.05) is 37.1 Å². The van der Waals surface area contributed by atoms with Crippen molar-refractivity contribution in [1.29, 1.82) is 0 Å². The number of phenols is 3. The Morgan fingerprint density at radius 1 is 0.808 bits per heavy atom. The van der Waals surface area contributed by atoms with Gasteiger partial charge in [-0.3, -0.25) is 4.79 Å². The van der Waals surface area contributed by atoms with Crippen molar-refractivity contribution >= 4 is 17.7 Å². The van der Waals surface area contributed by atoms with Gasteiger partial charge in [0, 0.05) is 12.5 Å². The summed E-state index contributed by atoms with van der Waals surface area (Å²) in [5, 5.41) is 38.0. The van der Waals surface area contributed by atoms with Crippen LogP contribution in [-0.2, 0) is 11.2 Å². The highest BCUT2D eigenvalue weighted by Crippen LogP contribution is 2.40. The van der Waals surface area contributed by atoms with Gasteiger partial charge < -0.3 is 20.4 Å². The number of rotatable bonds is 10. The Hall–Kier alpha value is -2.34. The van der Waals surface area contributed by atoms with Crippen LogP contribution in [0.4, 0.5) is 0 Å². The van der Waals surface area contributed by atoms with E-state index in [1.54, 1.807) is 12.1 Å². The lowest BCUT2D eigenvalue weighted by atomic mass is 10.0. The zero-order chi connectivity index (χ0) is 18.9. The van der Waals surface area contributed by atoms with Crippen LogP contribution in [-0.4, -0.2) is 26.4 Å². The number of benzene rings is 2. The number of hydrogen-bond donors (Lipinski definition) is 4. The van der Waals surface area contributed by atoms with Crippen molar-refractivity contribution in [2.45, 2.75) is 54.7 Å².